The Morgan fingerprint density at radius 1 is 0.704 bits per heavy atom. The summed E-state index contributed by atoms with van der Waals surface area (Å²) in [5, 5.41) is 2.07. The van der Waals surface area contributed by atoms with E-state index in [9.17, 15) is 9.59 Å². The second-order valence-electron chi connectivity index (χ2n) is 15.5. The molecule has 2 aliphatic rings. The van der Waals surface area contributed by atoms with Crippen LogP contribution in [0.5, 0.6) is 0 Å². The number of piperazine rings is 1. The third-order valence-electron chi connectivity index (χ3n) is 10.8. The molecule has 0 N–H and O–H groups in total. The van der Waals surface area contributed by atoms with Crippen LogP contribution >= 0.6 is 11.6 Å². The number of benzene rings is 2. The number of nitrogens with zero attached hydrogens (tertiary/aromatic N) is 4. The van der Waals surface area contributed by atoms with Crippen LogP contribution in [0.25, 0.3) is 5.82 Å². The van der Waals surface area contributed by atoms with Crippen molar-refractivity contribution in [2.24, 2.45) is 4.99 Å². The van der Waals surface area contributed by atoms with Gasteiger partial charge in [0.25, 0.3) is 0 Å². The zero-order valence-corrected chi connectivity index (χ0v) is 34.6. The Bertz CT molecular complexity index is 1530. The number of anilines is 1. The Hall–Kier alpha value is -3.10. The quantitative estimate of drug-likeness (QED) is 0.0569. The summed E-state index contributed by atoms with van der Waals surface area (Å²) < 4.78 is 11.4. The molecule has 8 nitrogen and oxygen atoms in total. The highest BCUT2D eigenvalue weighted by molar-refractivity contribution is 6.31. The van der Waals surface area contributed by atoms with Crippen molar-refractivity contribution in [1.82, 2.24) is 9.80 Å². The predicted molar refractivity (Wildman–Crippen MR) is 223 cm³/mol. The van der Waals surface area contributed by atoms with E-state index < -0.39 is 12.4 Å². The van der Waals surface area contributed by atoms with Crippen LogP contribution in [0, 0.1) is 0 Å². The molecule has 2 aromatic rings. The van der Waals surface area contributed by atoms with Gasteiger partial charge in [0.1, 0.15) is 5.82 Å². The largest absolute Gasteiger partial charge is 0.425 e. The molecular formula is C45H69ClN4O4. The van der Waals surface area contributed by atoms with E-state index in [4.69, 9.17) is 26.1 Å². The lowest BCUT2D eigenvalue weighted by Gasteiger charge is -2.39. The summed E-state index contributed by atoms with van der Waals surface area (Å²) in [4.78, 5) is 37.7. The number of unbranched alkanes of at least 4 members (excludes halogenated alkanes) is 20. The number of hydrogen-bond acceptors (Lipinski definition) is 7. The van der Waals surface area contributed by atoms with E-state index in [1.807, 2.05) is 30.3 Å². The molecular weight excluding hydrogens is 696 g/mol. The smallest absolute Gasteiger partial charge is 0.423 e. The molecule has 0 aromatic heterocycles. The Morgan fingerprint density at radius 3 is 1.78 bits per heavy atom. The van der Waals surface area contributed by atoms with Gasteiger partial charge in [-0.2, -0.15) is 0 Å². The van der Waals surface area contributed by atoms with Gasteiger partial charge in [-0.1, -0.05) is 159 Å². The molecule has 2 aromatic carbocycles. The summed E-state index contributed by atoms with van der Waals surface area (Å²) >= 11 is 6.47. The summed E-state index contributed by atoms with van der Waals surface area (Å²) in [6, 6.07) is 13.1. The molecule has 1 fully saturated rings. The fourth-order valence-corrected chi connectivity index (χ4v) is 7.74. The van der Waals surface area contributed by atoms with Crippen molar-refractivity contribution in [3.63, 3.8) is 0 Å². The number of halogens is 1. The van der Waals surface area contributed by atoms with E-state index in [0.29, 0.717) is 28.6 Å². The highest BCUT2D eigenvalue weighted by Crippen LogP contribution is 2.36. The number of ether oxygens (including phenoxy) is 2. The van der Waals surface area contributed by atoms with E-state index in [-0.39, 0.29) is 5.97 Å². The monoisotopic (exact) mass is 765 g/mol. The van der Waals surface area contributed by atoms with Crippen LogP contribution in [0.1, 0.15) is 155 Å². The van der Waals surface area contributed by atoms with E-state index >= 15 is 0 Å². The van der Waals surface area contributed by atoms with Crippen molar-refractivity contribution in [1.29, 1.82) is 0 Å². The zero-order valence-electron chi connectivity index (χ0n) is 33.8. The Morgan fingerprint density at radius 2 is 1.22 bits per heavy atom. The maximum atomic E-state index is 14.1. The number of esters is 1. The normalized spacial score (nSPS) is 14.9. The molecule has 0 spiro atoms. The van der Waals surface area contributed by atoms with Crippen molar-refractivity contribution >= 4 is 40.9 Å². The van der Waals surface area contributed by atoms with Gasteiger partial charge in [-0.05, 0) is 43.8 Å². The fourth-order valence-electron chi connectivity index (χ4n) is 7.57. The molecule has 0 aliphatic carbocycles. The number of hydrogen-bond donors (Lipinski definition) is 0. The summed E-state index contributed by atoms with van der Waals surface area (Å²) in [6.07, 6.45) is 26.4. The average Bonchev–Trinajstić information content (AvgIpc) is 3.30. The van der Waals surface area contributed by atoms with Gasteiger partial charge >= 0.3 is 12.1 Å². The average molecular weight is 766 g/mol. The van der Waals surface area contributed by atoms with E-state index in [2.05, 4.69) is 23.8 Å². The first kappa shape index (κ1) is 43.6. The fraction of sp³-hybridized carbons (Fsp3) is 0.667. The maximum Gasteiger partial charge on any atom is 0.423 e. The summed E-state index contributed by atoms with van der Waals surface area (Å²) in [6.45, 7) is 7.03. The standard InChI is InChI=1S/C45H69ClN4O4/c1-4-5-6-7-8-9-10-11-12-13-14-15-16-17-18-19-20-21-22-23-24-29-43(51)53-37(2)54-45(52)50-42-36-38(46)30-31-41(42)47-40-28-26-25-27-39(40)44(50)49-34-32-48(3)33-35-49/h25-28,30-31,36-37H,4-24,29,32-35H2,1-3H3. The third kappa shape index (κ3) is 15.2. The first-order valence-corrected chi connectivity index (χ1v) is 21.9. The lowest BCUT2D eigenvalue weighted by atomic mass is 10.0. The Balaban J connectivity index is 1.11. The number of para-hydroxylation sites is 1. The molecule has 0 bridgehead atoms. The molecule has 2 heterocycles. The number of amides is 1. The molecule has 0 radical (unpaired) electrons. The predicted octanol–water partition coefficient (Wildman–Crippen LogP) is 11.1. The first-order valence-electron chi connectivity index (χ1n) is 21.5. The SMILES string of the molecule is CCCCCCCCCCCCCCCCCCCCCCCC(=O)OC(C)OC(=O)N1C(N2CCN(C)CC2)=c2ccccc2=Nc2ccc(Cl)cc21. The number of carbonyl (C=O) groups excluding carboxylic acids is 2. The molecule has 1 unspecified atom stereocenters. The second-order valence-corrected chi connectivity index (χ2v) is 15.9. The molecule has 4 rings (SSSR count). The lowest BCUT2D eigenvalue weighted by molar-refractivity contribution is -0.164. The van der Waals surface area contributed by atoms with Crippen LogP contribution in [-0.4, -0.2) is 61.4 Å². The summed E-state index contributed by atoms with van der Waals surface area (Å²) in [5.41, 5.74) is 1.13. The second kappa shape index (κ2) is 25.1. The van der Waals surface area contributed by atoms with Crippen molar-refractivity contribution in [3.05, 3.63) is 58.1 Å². The van der Waals surface area contributed by atoms with Gasteiger partial charge in [0.05, 0.1) is 16.7 Å². The molecule has 1 saturated heterocycles. The van der Waals surface area contributed by atoms with E-state index in [0.717, 1.165) is 56.0 Å². The van der Waals surface area contributed by atoms with Crippen molar-refractivity contribution in [3.8, 4) is 0 Å². The molecule has 9 heteroatoms. The lowest BCUT2D eigenvalue weighted by Crippen LogP contribution is -2.51. The third-order valence-corrected chi connectivity index (χ3v) is 11.0. The molecule has 1 atom stereocenters. The minimum Gasteiger partial charge on any atom is -0.425 e. The van der Waals surface area contributed by atoms with Crippen LogP contribution in [0.15, 0.2) is 47.5 Å². The van der Waals surface area contributed by atoms with Gasteiger partial charge in [-0.25, -0.2) is 14.7 Å². The number of fused-ring (bicyclic) bond motifs is 2. The molecule has 54 heavy (non-hydrogen) atoms. The number of likely N-dealkylation sites (N-methyl/N-ethyl adjacent to an activating group) is 1. The zero-order chi connectivity index (χ0) is 38.4. The molecule has 0 saturated carbocycles. The van der Waals surface area contributed by atoms with Crippen LogP contribution in [0.3, 0.4) is 0 Å². The van der Waals surface area contributed by atoms with Crippen molar-refractivity contribution in [2.45, 2.75) is 161 Å². The minimum absolute atomic E-state index is 0.314. The maximum absolute atomic E-state index is 14.1. The Kier molecular flexibility index (Phi) is 20.3. The summed E-state index contributed by atoms with van der Waals surface area (Å²) in [5.74, 6) is 0.336. The highest BCUT2D eigenvalue weighted by Gasteiger charge is 2.33. The van der Waals surface area contributed by atoms with Crippen LogP contribution in [0.2, 0.25) is 5.02 Å². The van der Waals surface area contributed by atoms with Crippen molar-refractivity contribution < 1.29 is 19.1 Å². The highest BCUT2D eigenvalue weighted by atomic mass is 35.5. The van der Waals surface area contributed by atoms with Crippen LogP contribution < -0.4 is 15.5 Å². The van der Waals surface area contributed by atoms with Gasteiger partial charge < -0.3 is 19.3 Å². The number of carbonyl (C=O) groups is 2. The van der Waals surface area contributed by atoms with Crippen LogP contribution in [-0.2, 0) is 14.3 Å². The van der Waals surface area contributed by atoms with Crippen molar-refractivity contribution in [2.75, 3.05) is 38.1 Å². The van der Waals surface area contributed by atoms with Gasteiger partial charge in [-0.3, -0.25) is 4.79 Å². The Labute approximate surface area is 331 Å². The topological polar surface area (TPSA) is 74.7 Å². The molecule has 300 valence electrons. The van der Waals surface area contributed by atoms with Gasteiger partial charge in [0, 0.05) is 49.8 Å². The summed E-state index contributed by atoms with van der Waals surface area (Å²) in [7, 11) is 2.10. The van der Waals surface area contributed by atoms with Gasteiger partial charge in [0.15, 0.2) is 0 Å². The van der Waals surface area contributed by atoms with Crippen LogP contribution in [0.4, 0.5) is 16.2 Å². The van der Waals surface area contributed by atoms with E-state index in [1.165, 1.54) is 116 Å². The minimum atomic E-state index is -1.05. The first-order chi connectivity index (χ1) is 26.4. The molecule has 2 aliphatic heterocycles. The molecule has 1 amide bonds. The van der Waals surface area contributed by atoms with Gasteiger partial charge in [-0.15, -0.1) is 0 Å². The van der Waals surface area contributed by atoms with E-state index in [1.54, 1.807) is 24.0 Å². The van der Waals surface area contributed by atoms with Gasteiger partial charge in [0.2, 0.25) is 6.29 Å². The number of rotatable bonds is 25.